The molecule has 4 heteroatoms. The van der Waals surface area contributed by atoms with Crippen molar-refractivity contribution >= 4 is 5.91 Å². The zero-order chi connectivity index (χ0) is 12.7. The normalized spacial score (nSPS) is 42.4. The molecule has 2 bridgehead atoms. The minimum atomic E-state index is -0.404. The van der Waals surface area contributed by atoms with Gasteiger partial charge in [0.15, 0.2) is 0 Å². The first kappa shape index (κ1) is 12.4. The van der Waals surface area contributed by atoms with Crippen LogP contribution in [0.15, 0.2) is 0 Å². The van der Waals surface area contributed by atoms with Gasteiger partial charge in [-0.1, -0.05) is 6.42 Å². The van der Waals surface area contributed by atoms with Gasteiger partial charge in [0.2, 0.25) is 5.91 Å². The molecule has 0 aromatic carbocycles. The second-order valence-electron chi connectivity index (χ2n) is 6.44. The van der Waals surface area contributed by atoms with Crippen molar-refractivity contribution in [1.29, 1.82) is 0 Å². The summed E-state index contributed by atoms with van der Waals surface area (Å²) in [6, 6.07) is -0.0314. The average Bonchev–Trinajstić information content (AvgIpc) is 3.04. The van der Waals surface area contributed by atoms with Crippen LogP contribution in [0, 0.1) is 17.8 Å². The van der Waals surface area contributed by atoms with Crippen LogP contribution in [-0.2, 0) is 4.79 Å². The van der Waals surface area contributed by atoms with Crippen molar-refractivity contribution in [2.45, 2.75) is 44.2 Å². The zero-order valence-electron chi connectivity index (χ0n) is 11.1. The van der Waals surface area contributed by atoms with Gasteiger partial charge < -0.3 is 15.3 Å². The quantitative estimate of drug-likeness (QED) is 0.773. The Morgan fingerprint density at radius 1 is 1.33 bits per heavy atom. The van der Waals surface area contributed by atoms with Gasteiger partial charge in [-0.25, -0.2) is 0 Å². The van der Waals surface area contributed by atoms with Crippen molar-refractivity contribution in [2.24, 2.45) is 17.8 Å². The highest BCUT2D eigenvalue weighted by Crippen LogP contribution is 2.49. The highest BCUT2D eigenvalue weighted by molar-refractivity contribution is 5.76. The molecular formula is C14H24N2O2. The van der Waals surface area contributed by atoms with Crippen LogP contribution >= 0.6 is 0 Å². The number of hydrogen-bond acceptors (Lipinski definition) is 3. The molecule has 4 nitrogen and oxygen atoms in total. The fraction of sp³-hybridized carbons (Fsp3) is 0.929. The summed E-state index contributed by atoms with van der Waals surface area (Å²) in [6.07, 6.45) is 5.63. The van der Waals surface area contributed by atoms with E-state index in [4.69, 9.17) is 0 Å². The first-order valence-electron chi connectivity index (χ1n) is 7.29. The van der Waals surface area contributed by atoms with Crippen LogP contribution in [0.3, 0.4) is 0 Å². The highest BCUT2D eigenvalue weighted by atomic mass is 16.3. The first-order valence-corrected chi connectivity index (χ1v) is 7.29. The van der Waals surface area contributed by atoms with E-state index in [1.807, 2.05) is 7.05 Å². The standard InChI is InChI=1S/C14H24N2O2/c1-16(12-7-15-8-13(12)17)14(18)6-11-5-9-2-3-10(11)4-9/h9-13,15,17H,2-8H2,1H3/t9?,10?,11?,12-,13-/m1/s1. The molecule has 1 amide bonds. The lowest BCUT2D eigenvalue weighted by atomic mass is 9.86. The number of rotatable bonds is 3. The third-order valence-electron chi connectivity index (χ3n) is 5.36. The maximum Gasteiger partial charge on any atom is 0.222 e. The summed E-state index contributed by atoms with van der Waals surface area (Å²) in [5.41, 5.74) is 0. The van der Waals surface area contributed by atoms with Crippen LogP contribution < -0.4 is 5.32 Å². The number of hydrogen-bond donors (Lipinski definition) is 2. The summed E-state index contributed by atoms with van der Waals surface area (Å²) in [6.45, 7) is 1.33. The topological polar surface area (TPSA) is 52.6 Å². The van der Waals surface area contributed by atoms with Gasteiger partial charge in [0, 0.05) is 26.6 Å². The number of β-amino-alcohol motifs (C(OH)–C–C–N with tert-alkyl or cyclic N) is 1. The van der Waals surface area contributed by atoms with Crippen molar-refractivity contribution in [3.8, 4) is 0 Å². The molecule has 0 radical (unpaired) electrons. The van der Waals surface area contributed by atoms with E-state index >= 15 is 0 Å². The highest BCUT2D eigenvalue weighted by Gasteiger charge is 2.41. The molecule has 3 rings (SSSR count). The lowest BCUT2D eigenvalue weighted by Crippen LogP contribution is -2.44. The SMILES string of the molecule is CN(C(=O)CC1CC2CCC1C2)[C@@H]1CNC[C@H]1O. The van der Waals surface area contributed by atoms with Crippen molar-refractivity contribution in [3.05, 3.63) is 0 Å². The molecule has 2 aliphatic carbocycles. The number of amides is 1. The first-order chi connectivity index (χ1) is 8.65. The molecule has 0 aromatic rings. The number of carbonyl (C=O) groups is 1. The predicted molar refractivity (Wildman–Crippen MR) is 69.0 cm³/mol. The van der Waals surface area contributed by atoms with Gasteiger partial charge in [-0.2, -0.15) is 0 Å². The number of likely N-dealkylation sites (N-methyl/N-ethyl adjacent to an activating group) is 1. The molecular weight excluding hydrogens is 228 g/mol. The fourth-order valence-electron chi connectivity index (χ4n) is 4.23. The van der Waals surface area contributed by atoms with Crippen LogP contribution in [0.2, 0.25) is 0 Å². The predicted octanol–water partition coefficient (Wildman–Crippen LogP) is 0.604. The minimum Gasteiger partial charge on any atom is -0.390 e. The summed E-state index contributed by atoms with van der Waals surface area (Å²) in [5, 5.41) is 13.0. The van der Waals surface area contributed by atoms with Gasteiger partial charge in [-0.05, 0) is 37.0 Å². The molecule has 1 saturated heterocycles. The van der Waals surface area contributed by atoms with E-state index in [0.29, 0.717) is 18.9 Å². The number of nitrogens with one attached hydrogen (secondary N) is 1. The molecule has 18 heavy (non-hydrogen) atoms. The van der Waals surface area contributed by atoms with E-state index in [1.165, 1.54) is 25.7 Å². The Bertz CT molecular complexity index is 334. The molecule has 1 heterocycles. The Labute approximate surface area is 109 Å². The minimum absolute atomic E-state index is 0.0314. The van der Waals surface area contributed by atoms with Crippen LogP contribution in [0.5, 0.6) is 0 Å². The molecule has 3 unspecified atom stereocenters. The van der Waals surface area contributed by atoms with Gasteiger partial charge >= 0.3 is 0 Å². The number of nitrogens with zero attached hydrogens (tertiary/aromatic N) is 1. The second-order valence-corrected chi connectivity index (χ2v) is 6.44. The molecule has 3 aliphatic rings. The Kier molecular flexibility index (Phi) is 3.32. The summed E-state index contributed by atoms with van der Waals surface area (Å²) in [5.74, 6) is 2.54. The summed E-state index contributed by atoms with van der Waals surface area (Å²) >= 11 is 0. The van der Waals surface area contributed by atoms with E-state index < -0.39 is 6.10 Å². The molecule has 5 atom stereocenters. The molecule has 1 aliphatic heterocycles. The van der Waals surface area contributed by atoms with Crippen molar-refractivity contribution in [1.82, 2.24) is 10.2 Å². The number of aliphatic hydroxyl groups is 1. The Hall–Kier alpha value is -0.610. The molecule has 102 valence electrons. The molecule has 3 fully saturated rings. The van der Waals surface area contributed by atoms with E-state index in [9.17, 15) is 9.90 Å². The maximum absolute atomic E-state index is 12.3. The van der Waals surface area contributed by atoms with Crippen molar-refractivity contribution in [2.75, 3.05) is 20.1 Å². The lowest BCUT2D eigenvalue weighted by Gasteiger charge is -2.29. The Morgan fingerprint density at radius 3 is 2.72 bits per heavy atom. The van der Waals surface area contributed by atoms with Crippen LogP contribution in [0.1, 0.15) is 32.1 Å². The monoisotopic (exact) mass is 252 g/mol. The molecule has 2 saturated carbocycles. The molecule has 2 N–H and O–H groups in total. The third kappa shape index (κ3) is 2.16. The molecule has 0 spiro atoms. The maximum atomic E-state index is 12.3. The number of carbonyl (C=O) groups excluding carboxylic acids is 1. The van der Waals surface area contributed by atoms with Gasteiger partial charge in [-0.3, -0.25) is 4.79 Å². The van der Waals surface area contributed by atoms with Crippen LogP contribution in [0.4, 0.5) is 0 Å². The van der Waals surface area contributed by atoms with Gasteiger partial charge in [0.05, 0.1) is 12.1 Å². The summed E-state index contributed by atoms with van der Waals surface area (Å²) in [4.78, 5) is 14.1. The average molecular weight is 252 g/mol. The van der Waals surface area contributed by atoms with Gasteiger partial charge in [0.1, 0.15) is 0 Å². The second kappa shape index (κ2) is 4.82. The van der Waals surface area contributed by atoms with Gasteiger partial charge in [-0.15, -0.1) is 0 Å². The largest absolute Gasteiger partial charge is 0.390 e. The smallest absolute Gasteiger partial charge is 0.222 e. The number of fused-ring (bicyclic) bond motifs is 2. The Morgan fingerprint density at radius 2 is 2.17 bits per heavy atom. The number of aliphatic hydroxyl groups excluding tert-OH is 1. The van der Waals surface area contributed by atoms with Crippen molar-refractivity contribution in [3.63, 3.8) is 0 Å². The van der Waals surface area contributed by atoms with E-state index in [1.54, 1.807) is 4.90 Å². The van der Waals surface area contributed by atoms with E-state index in [-0.39, 0.29) is 11.9 Å². The van der Waals surface area contributed by atoms with Crippen LogP contribution in [-0.4, -0.2) is 48.2 Å². The fourth-order valence-corrected chi connectivity index (χ4v) is 4.23. The molecule has 0 aromatic heterocycles. The zero-order valence-corrected chi connectivity index (χ0v) is 11.1. The van der Waals surface area contributed by atoms with Crippen LogP contribution in [0.25, 0.3) is 0 Å². The lowest BCUT2D eigenvalue weighted by molar-refractivity contribution is -0.134. The van der Waals surface area contributed by atoms with Gasteiger partial charge in [0.25, 0.3) is 0 Å². The third-order valence-corrected chi connectivity index (χ3v) is 5.36. The summed E-state index contributed by atoms with van der Waals surface area (Å²) in [7, 11) is 1.84. The van der Waals surface area contributed by atoms with E-state index in [2.05, 4.69) is 5.32 Å². The Balaban J connectivity index is 1.55. The summed E-state index contributed by atoms with van der Waals surface area (Å²) < 4.78 is 0. The van der Waals surface area contributed by atoms with E-state index in [0.717, 1.165) is 18.4 Å². The van der Waals surface area contributed by atoms with Crippen molar-refractivity contribution < 1.29 is 9.90 Å².